The molecule has 2 rings (SSSR count). The second-order valence-electron chi connectivity index (χ2n) is 6.43. The molecule has 0 spiro atoms. The second-order valence-corrected chi connectivity index (χ2v) is 6.43. The third kappa shape index (κ3) is 10.1. The fraction of sp³-hybridized carbons (Fsp3) is 0.556. The van der Waals surface area contributed by atoms with Crippen molar-refractivity contribution >= 4 is 30.6 Å². The van der Waals surface area contributed by atoms with Crippen molar-refractivity contribution in [1.29, 1.82) is 5.39 Å². The molecule has 1 heterocycles. The van der Waals surface area contributed by atoms with Gasteiger partial charge < -0.3 is 36.4 Å². The van der Waals surface area contributed by atoms with Crippen molar-refractivity contribution < 1.29 is 41.1 Å². The van der Waals surface area contributed by atoms with Crippen LogP contribution in [0.4, 0.5) is 28.6 Å². The Balaban J connectivity index is 0.000000861. The summed E-state index contributed by atoms with van der Waals surface area (Å²) in [7, 11) is -6.00. The summed E-state index contributed by atoms with van der Waals surface area (Å²) < 4.78 is 55.1. The van der Waals surface area contributed by atoms with Crippen molar-refractivity contribution in [1.82, 2.24) is 0 Å². The van der Waals surface area contributed by atoms with Gasteiger partial charge in [0.05, 0.1) is 25.0 Å². The summed E-state index contributed by atoms with van der Waals surface area (Å²) in [4.78, 5) is 29.0. The number of esters is 2. The monoisotopic (exact) mass is 449 g/mol. The number of benzene rings is 1. The van der Waals surface area contributed by atoms with Gasteiger partial charge in [0.25, 0.3) is 0 Å². The summed E-state index contributed by atoms with van der Waals surface area (Å²) in [5, 5.41) is 9.28. The highest BCUT2D eigenvalue weighted by Crippen LogP contribution is 2.41. The molecule has 1 aromatic carbocycles. The Morgan fingerprint density at radius 2 is 1.52 bits per heavy atom. The van der Waals surface area contributed by atoms with Crippen molar-refractivity contribution in [2.75, 3.05) is 31.2 Å². The molecule has 0 bridgehead atoms. The standard InChI is InChI=1S/C18H24N3O5.BF4/c1-3-5-17(22)25-15-12-14(21-7-9-24-10-8-21)16(11-13(15)20-19)26-18(23)6-4-2;2-1(3,4)5/h11-12H,3-10H2,1-2H3;/q+1;-1. The molecular weight excluding hydrogens is 425 g/mol. The van der Waals surface area contributed by atoms with E-state index in [0.29, 0.717) is 44.8 Å². The maximum atomic E-state index is 12.0. The minimum atomic E-state index is -6.00. The summed E-state index contributed by atoms with van der Waals surface area (Å²) in [6, 6.07) is 2.98. The number of diazo groups is 1. The Morgan fingerprint density at radius 3 is 1.97 bits per heavy atom. The Bertz CT molecular complexity index is 790. The fourth-order valence-electron chi connectivity index (χ4n) is 2.59. The maximum absolute atomic E-state index is 12.0. The van der Waals surface area contributed by atoms with Crippen LogP contribution in [0.15, 0.2) is 12.1 Å². The first kappa shape index (κ1) is 26.2. The Morgan fingerprint density at radius 1 is 1.03 bits per heavy atom. The van der Waals surface area contributed by atoms with E-state index in [9.17, 15) is 32.2 Å². The molecule has 1 saturated heterocycles. The molecule has 0 atom stereocenters. The predicted molar refractivity (Wildman–Crippen MR) is 105 cm³/mol. The van der Waals surface area contributed by atoms with E-state index < -0.39 is 13.2 Å². The minimum Gasteiger partial charge on any atom is -0.424 e. The van der Waals surface area contributed by atoms with Gasteiger partial charge in [-0.1, -0.05) is 13.8 Å². The molecule has 31 heavy (non-hydrogen) atoms. The van der Waals surface area contributed by atoms with Crippen LogP contribution in [0.3, 0.4) is 0 Å². The van der Waals surface area contributed by atoms with E-state index in [1.807, 2.05) is 18.7 Å². The predicted octanol–water partition coefficient (Wildman–Crippen LogP) is 4.72. The lowest BCUT2D eigenvalue weighted by atomic mass is 10.2. The first-order valence-corrected chi connectivity index (χ1v) is 9.73. The van der Waals surface area contributed by atoms with Gasteiger partial charge in [0, 0.05) is 32.0 Å². The molecular formula is C18H24BF4N3O5. The molecule has 0 radical (unpaired) electrons. The molecule has 0 unspecified atom stereocenters. The Labute approximate surface area is 177 Å². The third-order valence-corrected chi connectivity index (χ3v) is 3.86. The van der Waals surface area contributed by atoms with Crippen LogP contribution in [0.2, 0.25) is 0 Å². The quantitative estimate of drug-likeness (QED) is 0.196. The highest BCUT2D eigenvalue weighted by molar-refractivity contribution is 6.50. The average Bonchev–Trinajstić information content (AvgIpc) is 2.68. The topological polar surface area (TPSA) is 93.2 Å². The van der Waals surface area contributed by atoms with Gasteiger partial charge in [0.2, 0.25) is 11.1 Å². The van der Waals surface area contributed by atoms with Crippen LogP contribution in [0.25, 0.3) is 4.98 Å². The smallest absolute Gasteiger partial charge is 0.424 e. The maximum Gasteiger partial charge on any atom is 0.673 e. The van der Waals surface area contributed by atoms with Gasteiger partial charge in [-0.25, -0.2) is 0 Å². The molecule has 1 aliphatic rings. The number of nitrogens with zero attached hydrogens (tertiary/aromatic N) is 3. The number of carbonyl (C=O) groups is 2. The number of ether oxygens (including phenoxy) is 3. The highest BCUT2D eigenvalue weighted by atomic mass is 19.5. The van der Waals surface area contributed by atoms with Gasteiger partial charge in [0.1, 0.15) is 0 Å². The summed E-state index contributed by atoms with van der Waals surface area (Å²) >= 11 is 0. The lowest BCUT2D eigenvalue weighted by molar-refractivity contribution is -0.135. The zero-order valence-corrected chi connectivity index (χ0v) is 17.3. The number of morpholine rings is 1. The molecule has 8 nitrogen and oxygen atoms in total. The summed E-state index contributed by atoms with van der Waals surface area (Å²) in [5.74, 6) is -0.390. The van der Waals surface area contributed by atoms with Crippen molar-refractivity contribution in [3.63, 3.8) is 0 Å². The molecule has 0 N–H and O–H groups in total. The molecule has 13 heteroatoms. The lowest BCUT2D eigenvalue weighted by Crippen LogP contribution is -2.36. The van der Waals surface area contributed by atoms with Crippen molar-refractivity contribution in [3.8, 4) is 11.5 Å². The van der Waals surface area contributed by atoms with Crippen LogP contribution < -0.4 is 14.4 Å². The molecule has 172 valence electrons. The van der Waals surface area contributed by atoms with E-state index in [1.54, 1.807) is 6.07 Å². The van der Waals surface area contributed by atoms with Crippen molar-refractivity contribution in [2.24, 2.45) is 0 Å². The SMILES string of the molecule is CCCC(=O)Oc1cc(N2CCOCC2)c(OC(=O)CCC)cc1[N+]#N.F[B-](F)(F)F. The zero-order chi connectivity index (χ0) is 23.4. The van der Waals surface area contributed by atoms with E-state index in [1.165, 1.54) is 6.07 Å². The van der Waals surface area contributed by atoms with Crippen LogP contribution in [0, 0.1) is 5.39 Å². The van der Waals surface area contributed by atoms with Gasteiger partial charge in [-0.3, -0.25) is 9.59 Å². The summed E-state index contributed by atoms with van der Waals surface area (Å²) in [6.07, 6.45) is 1.84. The zero-order valence-electron chi connectivity index (χ0n) is 17.3. The van der Waals surface area contributed by atoms with Crippen LogP contribution in [-0.4, -0.2) is 45.5 Å². The molecule has 1 aromatic rings. The number of anilines is 1. The van der Waals surface area contributed by atoms with Crippen LogP contribution in [-0.2, 0) is 14.3 Å². The normalized spacial score (nSPS) is 13.5. The molecule has 1 fully saturated rings. The summed E-state index contributed by atoms with van der Waals surface area (Å²) in [6.45, 7) is 6.05. The van der Waals surface area contributed by atoms with Gasteiger partial charge in [-0.2, -0.15) is 0 Å². The van der Waals surface area contributed by atoms with Gasteiger partial charge in [-0.05, 0) is 12.8 Å². The minimum absolute atomic E-state index is 0.0331. The Kier molecular flexibility index (Phi) is 10.7. The van der Waals surface area contributed by atoms with Crippen molar-refractivity contribution in [2.45, 2.75) is 39.5 Å². The number of carbonyl (C=O) groups excluding carboxylic acids is 2. The van der Waals surface area contributed by atoms with E-state index in [-0.39, 0.29) is 36.0 Å². The molecule has 0 amide bonds. The van der Waals surface area contributed by atoms with E-state index in [4.69, 9.17) is 14.2 Å². The van der Waals surface area contributed by atoms with E-state index >= 15 is 0 Å². The highest BCUT2D eigenvalue weighted by Gasteiger charge is 2.27. The van der Waals surface area contributed by atoms with E-state index in [0.717, 1.165) is 0 Å². The molecule has 1 aliphatic heterocycles. The van der Waals surface area contributed by atoms with Crippen molar-refractivity contribution in [3.05, 3.63) is 17.1 Å². The molecule has 0 aliphatic carbocycles. The van der Waals surface area contributed by atoms with Crippen LogP contribution in [0.1, 0.15) is 39.5 Å². The van der Waals surface area contributed by atoms with Gasteiger partial charge in [-0.15, -0.1) is 0 Å². The molecule has 0 saturated carbocycles. The lowest BCUT2D eigenvalue weighted by Gasteiger charge is -2.30. The summed E-state index contributed by atoms with van der Waals surface area (Å²) in [5.41, 5.74) is 0.634. The van der Waals surface area contributed by atoms with Gasteiger partial charge >= 0.3 is 24.9 Å². The number of rotatable bonds is 7. The molecule has 0 aromatic heterocycles. The van der Waals surface area contributed by atoms with E-state index in [2.05, 4.69) is 4.98 Å². The third-order valence-electron chi connectivity index (χ3n) is 3.86. The van der Waals surface area contributed by atoms with Crippen LogP contribution >= 0.6 is 0 Å². The van der Waals surface area contributed by atoms with Crippen LogP contribution in [0.5, 0.6) is 11.5 Å². The number of hydrogen-bond donors (Lipinski definition) is 0. The fourth-order valence-corrected chi connectivity index (χ4v) is 2.59. The average molecular weight is 449 g/mol. The first-order chi connectivity index (χ1) is 14.6. The Hall–Kier alpha value is -2.88. The largest absolute Gasteiger partial charge is 0.673 e. The van der Waals surface area contributed by atoms with Gasteiger partial charge in [0.15, 0.2) is 10.7 Å². The number of halogens is 4. The number of hydrogen-bond acceptors (Lipinski definition) is 7. The second kappa shape index (κ2) is 12.7. The first-order valence-electron chi connectivity index (χ1n) is 9.73.